The number of Topliss-reactive ketones (excluding diaryl/α,β-unsaturated/α-hetero) is 1. The van der Waals surface area contributed by atoms with Gasteiger partial charge in [0.15, 0.2) is 11.5 Å². The maximum atomic E-state index is 11.1. The van der Waals surface area contributed by atoms with E-state index >= 15 is 0 Å². The number of hydrogen-bond donors (Lipinski definition) is 2. The highest BCUT2D eigenvalue weighted by Crippen LogP contribution is 2.36. The molecule has 0 saturated carbocycles. The molecule has 0 spiro atoms. The number of carbonyl (C=O) groups excluding carboxylic acids is 1. The molecule has 0 atom stereocenters. The summed E-state index contributed by atoms with van der Waals surface area (Å²) in [5.41, 5.74) is 6.53. The first-order chi connectivity index (χ1) is 20.5. The van der Waals surface area contributed by atoms with E-state index in [2.05, 4.69) is 54.0 Å². The summed E-state index contributed by atoms with van der Waals surface area (Å²) in [6.45, 7) is 10.3. The Morgan fingerprint density at radius 2 is 1.74 bits per heavy atom. The molecule has 8 heteroatoms. The molecule has 0 saturated heterocycles. The van der Waals surface area contributed by atoms with Crippen molar-refractivity contribution in [2.45, 2.75) is 53.2 Å². The van der Waals surface area contributed by atoms with Gasteiger partial charge >= 0.3 is 0 Å². The van der Waals surface area contributed by atoms with Crippen molar-refractivity contribution < 1.29 is 23.7 Å². The normalized spacial score (nSPS) is 12.0. The van der Waals surface area contributed by atoms with Gasteiger partial charge in [0.05, 0.1) is 19.2 Å². The van der Waals surface area contributed by atoms with Crippen molar-refractivity contribution in [2.75, 3.05) is 39.5 Å². The molecule has 8 nitrogen and oxygen atoms in total. The Morgan fingerprint density at radius 3 is 2.55 bits per heavy atom. The minimum atomic E-state index is 0.124. The number of nitriles is 1. The van der Waals surface area contributed by atoms with Crippen LogP contribution in [0.4, 0.5) is 0 Å². The Hall–Kier alpha value is -4.06. The van der Waals surface area contributed by atoms with Gasteiger partial charge in [0.2, 0.25) is 0 Å². The van der Waals surface area contributed by atoms with Gasteiger partial charge in [-0.2, -0.15) is 5.26 Å². The van der Waals surface area contributed by atoms with Crippen LogP contribution in [0, 0.1) is 25.2 Å². The molecule has 0 radical (unpaired) electrons. The summed E-state index contributed by atoms with van der Waals surface area (Å²) in [5, 5.41) is 15.4. The molecule has 42 heavy (non-hydrogen) atoms. The summed E-state index contributed by atoms with van der Waals surface area (Å²) in [6, 6.07) is 18.6. The van der Waals surface area contributed by atoms with E-state index in [-0.39, 0.29) is 5.78 Å². The van der Waals surface area contributed by atoms with E-state index in [4.69, 9.17) is 24.2 Å². The third-order valence-corrected chi connectivity index (χ3v) is 7.15. The lowest BCUT2D eigenvalue weighted by Gasteiger charge is -2.20. The molecule has 0 aliphatic carbocycles. The molecule has 0 amide bonds. The fourth-order valence-corrected chi connectivity index (χ4v) is 4.83. The number of rotatable bonds is 16. The van der Waals surface area contributed by atoms with E-state index in [0.717, 1.165) is 75.8 Å². The zero-order valence-electron chi connectivity index (χ0n) is 24.9. The van der Waals surface area contributed by atoms with Crippen LogP contribution in [0.15, 0.2) is 48.5 Å². The smallest absolute Gasteiger partial charge is 0.161 e. The summed E-state index contributed by atoms with van der Waals surface area (Å²) in [5.74, 6) is 3.23. The molecule has 1 aliphatic rings. The molecule has 1 aliphatic heterocycles. The summed E-state index contributed by atoms with van der Waals surface area (Å²) >= 11 is 0. The Bertz CT molecular complexity index is 1400. The first-order valence-corrected chi connectivity index (χ1v) is 14.6. The average molecular weight is 572 g/mol. The summed E-state index contributed by atoms with van der Waals surface area (Å²) in [7, 11) is 0. The van der Waals surface area contributed by atoms with Crippen LogP contribution in [-0.4, -0.2) is 45.2 Å². The number of aryl methyl sites for hydroxylation is 1. The van der Waals surface area contributed by atoms with Crippen LogP contribution in [0.3, 0.4) is 0 Å². The monoisotopic (exact) mass is 571 g/mol. The lowest BCUT2D eigenvalue weighted by molar-refractivity contribution is -0.116. The Balaban J connectivity index is 1.45. The van der Waals surface area contributed by atoms with Gasteiger partial charge in [-0.25, -0.2) is 0 Å². The van der Waals surface area contributed by atoms with Crippen LogP contribution in [0.25, 0.3) is 11.1 Å². The fourth-order valence-electron chi connectivity index (χ4n) is 4.83. The molecule has 4 rings (SSSR count). The van der Waals surface area contributed by atoms with E-state index in [9.17, 15) is 4.79 Å². The second kappa shape index (κ2) is 15.8. The zero-order chi connectivity index (χ0) is 29.7. The van der Waals surface area contributed by atoms with Crippen LogP contribution in [0.2, 0.25) is 0 Å². The number of ketones is 1. The van der Waals surface area contributed by atoms with Crippen molar-refractivity contribution >= 4 is 5.78 Å². The average Bonchev–Trinajstić information content (AvgIpc) is 2.99. The molecule has 0 fully saturated rings. The number of ether oxygens (including phenoxy) is 4. The molecule has 3 aromatic carbocycles. The second-order valence-electron chi connectivity index (χ2n) is 10.5. The van der Waals surface area contributed by atoms with E-state index < -0.39 is 0 Å². The second-order valence-corrected chi connectivity index (χ2v) is 10.5. The van der Waals surface area contributed by atoms with Gasteiger partial charge in [-0.05, 0) is 79.6 Å². The molecule has 0 unspecified atom stereocenters. The molecule has 0 aromatic heterocycles. The largest absolute Gasteiger partial charge is 0.493 e. The number of fused-ring (bicyclic) bond motifs is 1. The van der Waals surface area contributed by atoms with E-state index in [1.807, 2.05) is 25.1 Å². The van der Waals surface area contributed by atoms with Crippen molar-refractivity contribution in [3.05, 3.63) is 70.8 Å². The lowest BCUT2D eigenvalue weighted by atomic mass is 9.96. The number of nitrogens with zero attached hydrogens (tertiary/aromatic N) is 1. The van der Waals surface area contributed by atoms with Gasteiger partial charge in [-0.15, -0.1) is 0 Å². The van der Waals surface area contributed by atoms with Crippen LogP contribution in [0.5, 0.6) is 23.0 Å². The SMILES string of the molecule is CC(=O)CNCCNCc1cc(C)c(OCc2cccc(-c3ccc4c(c3)OCCO4)c2C)cc1OCCCCC#N. The first kappa shape index (κ1) is 30.9. The fraction of sp³-hybridized carbons (Fsp3) is 0.412. The van der Waals surface area contributed by atoms with Gasteiger partial charge < -0.3 is 29.6 Å². The number of benzene rings is 3. The third kappa shape index (κ3) is 8.72. The number of carbonyl (C=O) groups is 1. The molecule has 1 heterocycles. The van der Waals surface area contributed by atoms with E-state index in [1.165, 1.54) is 0 Å². The van der Waals surface area contributed by atoms with Crippen LogP contribution in [-0.2, 0) is 17.9 Å². The number of nitrogens with one attached hydrogen (secondary N) is 2. The highest BCUT2D eigenvalue weighted by molar-refractivity contribution is 5.77. The number of unbranched alkanes of at least 4 members (excludes halogenated alkanes) is 2. The molecule has 222 valence electrons. The van der Waals surface area contributed by atoms with Gasteiger partial charge in [0.1, 0.15) is 37.1 Å². The highest BCUT2D eigenvalue weighted by Gasteiger charge is 2.15. The Morgan fingerprint density at radius 1 is 0.929 bits per heavy atom. The van der Waals surface area contributed by atoms with Crippen molar-refractivity contribution in [2.24, 2.45) is 0 Å². The van der Waals surface area contributed by atoms with Crippen molar-refractivity contribution in [1.29, 1.82) is 5.26 Å². The van der Waals surface area contributed by atoms with E-state index in [0.29, 0.717) is 52.5 Å². The topological polar surface area (TPSA) is 102 Å². The minimum absolute atomic E-state index is 0.124. The standard InChI is InChI=1S/C34H41N3O5/c1-24-18-29(22-37-14-13-36-21-25(2)38)33(39-15-6-4-5-12-35)20-32(24)42-23-28-8-7-9-30(26(28)3)27-10-11-31-34(19-27)41-17-16-40-31/h7-11,18-20,36-37H,4-6,13-17,21-23H2,1-3H3. The maximum absolute atomic E-state index is 11.1. The van der Waals surface area contributed by atoms with Gasteiger partial charge in [-0.3, -0.25) is 4.79 Å². The summed E-state index contributed by atoms with van der Waals surface area (Å²) in [6.07, 6.45) is 2.14. The number of hydrogen-bond acceptors (Lipinski definition) is 8. The van der Waals surface area contributed by atoms with Crippen LogP contribution in [0.1, 0.15) is 48.4 Å². The van der Waals surface area contributed by atoms with Crippen molar-refractivity contribution in [3.63, 3.8) is 0 Å². The predicted octanol–water partition coefficient (Wildman–Crippen LogP) is 5.66. The molecular weight excluding hydrogens is 530 g/mol. The van der Waals surface area contributed by atoms with E-state index in [1.54, 1.807) is 6.92 Å². The minimum Gasteiger partial charge on any atom is -0.493 e. The van der Waals surface area contributed by atoms with Crippen LogP contribution < -0.4 is 29.6 Å². The first-order valence-electron chi connectivity index (χ1n) is 14.6. The molecule has 2 N–H and O–H groups in total. The highest BCUT2D eigenvalue weighted by atomic mass is 16.6. The van der Waals surface area contributed by atoms with Crippen LogP contribution >= 0.6 is 0 Å². The predicted molar refractivity (Wildman–Crippen MR) is 163 cm³/mol. The Kier molecular flexibility index (Phi) is 11.6. The lowest BCUT2D eigenvalue weighted by Crippen LogP contribution is -2.30. The third-order valence-electron chi connectivity index (χ3n) is 7.15. The summed E-state index contributed by atoms with van der Waals surface area (Å²) in [4.78, 5) is 11.1. The van der Waals surface area contributed by atoms with Crippen molar-refractivity contribution in [3.8, 4) is 40.2 Å². The molecule has 0 bridgehead atoms. The van der Waals surface area contributed by atoms with Gasteiger partial charge in [0.25, 0.3) is 0 Å². The van der Waals surface area contributed by atoms with Crippen molar-refractivity contribution in [1.82, 2.24) is 10.6 Å². The molecule has 3 aromatic rings. The quantitative estimate of drug-likeness (QED) is 0.212. The van der Waals surface area contributed by atoms with Gasteiger partial charge in [0, 0.05) is 37.7 Å². The molecular formula is C34H41N3O5. The maximum Gasteiger partial charge on any atom is 0.161 e. The summed E-state index contributed by atoms with van der Waals surface area (Å²) < 4.78 is 24.0. The van der Waals surface area contributed by atoms with Gasteiger partial charge in [-0.1, -0.05) is 24.3 Å². The Labute approximate surface area is 248 Å². The zero-order valence-corrected chi connectivity index (χ0v) is 24.9.